The number of hydrogen-bond donors (Lipinski definition) is 4. The molecule has 1 saturated heterocycles. The van der Waals surface area contributed by atoms with Crippen molar-refractivity contribution in [3.63, 3.8) is 0 Å². The van der Waals surface area contributed by atoms with E-state index in [0.717, 1.165) is 56.8 Å². The second-order valence-electron chi connectivity index (χ2n) is 19.8. The second kappa shape index (κ2) is 19.2. The predicted molar refractivity (Wildman–Crippen MR) is 216 cm³/mol. The molecule has 53 heavy (non-hydrogen) atoms. The van der Waals surface area contributed by atoms with E-state index >= 15 is 0 Å². The van der Waals surface area contributed by atoms with Crippen molar-refractivity contribution in [2.75, 3.05) is 6.61 Å². The Morgan fingerprint density at radius 3 is 1.96 bits per heavy atom. The highest BCUT2D eigenvalue weighted by molar-refractivity contribution is 7.53. The van der Waals surface area contributed by atoms with Gasteiger partial charge in [-0.25, -0.2) is 0 Å². The number of unbranched alkanes of at least 4 members (excludes halogenated alkanes) is 13. The molecular formula is C45H83O7P. The molecule has 8 heteroatoms. The van der Waals surface area contributed by atoms with Crippen LogP contribution in [0.3, 0.4) is 0 Å². The number of hydrogen-bond acceptors (Lipinski definition) is 5. The van der Waals surface area contributed by atoms with Crippen LogP contribution in [-0.4, -0.2) is 55.9 Å². The topological polar surface area (TPSA) is 116 Å². The summed E-state index contributed by atoms with van der Waals surface area (Å²) in [4.78, 5) is 23.1. The molecule has 6 unspecified atom stereocenters. The maximum Gasteiger partial charge on any atom is 0.332 e. The van der Waals surface area contributed by atoms with Gasteiger partial charge in [0, 0.05) is 6.42 Å². The Morgan fingerprint density at radius 1 is 0.774 bits per heavy atom. The summed E-state index contributed by atoms with van der Waals surface area (Å²) in [5, 5.41) is 19.3. The highest BCUT2D eigenvalue weighted by Gasteiger charge is 2.72. The molecule has 12 atom stereocenters. The zero-order chi connectivity index (χ0) is 38.3. The lowest BCUT2D eigenvalue weighted by molar-refractivity contribution is -0.239. The van der Waals surface area contributed by atoms with E-state index in [4.69, 9.17) is 9.47 Å². The van der Waals surface area contributed by atoms with Gasteiger partial charge in [-0.05, 0) is 105 Å². The molecule has 4 aliphatic carbocycles. The Kier molecular flexibility index (Phi) is 15.9. The molecule has 0 aromatic heterocycles. The Morgan fingerprint density at radius 2 is 1.40 bits per heavy atom. The van der Waals surface area contributed by atoms with E-state index in [9.17, 15) is 24.6 Å². The summed E-state index contributed by atoms with van der Waals surface area (Å²) < 4.78 is 27.1. The van der Waals surface area contributed by atoms with Gasteiger partial charge in [-0.3, -0.25) is 4.57 Å². The van der Waals surface area contributed by atoms with Gasteiger partial charge in [0.2, 0.25) is 0 Å². The first-order valence-corrected chi connectivity index (χ1v) is 24.6. The summed E-state index contributed by atoms with van der Waals surface area (Å²) in [7, 11) is -4.54. The predicted octanol–water partition coefficient (Wildman–Crippen LogP) is 11.5. The first-order chi connectivity index (χ1) is 25.3. The molecule has 0 spiro atoms. The lowest BCUT2D eigenvalue weighted by Crippen LogP contribution is -2.65. The molecule has 0 amide bonds. The van der Waals surface area contributed by atoms with E-state index in [1.165, 1.54) is 109 Å². The fourth-order valence-electron chi connectivity index (χ4n) is 13.8. The lowest BCUT2D eigenvalue weighted by atomic mass is 9.43. The van der Waals surface area contributed by atoms with E-state index in [0.29, 0.717) is 36.0 Å². The standard InChI is InChI=1S/C45H83O7P/c1-6-8-9-10-11-12-13-14-15-16-17-18-19-20-26-44(52-41-31-39(47)40(32-46)51-41)30-29-43(5)38-25-27-42(4)36(34(3)21-7-2)22-23-37(42)35(38)24-28-45(43,33-44)53(48,49)50/h34-41,46-47H,6-33H2,1-5H3,(H2,48,49,50)/t34-,35?,36-,37?,38?,39-,40-,41?,42-,43-,44?,45?/m1/s1. The van der Waals surface area contributed by atoms with Crippen LogP contribution < -0.4 is 0 Å². The summed E-state index contributed by atoms with van der Waals surface area (Å²) in [6.45, 7) is 11.6. The Hall–Kier alpha value is -0.0100. The number of aliphatic hydroxyl groups is 2. The Labute approximate surface area is 325 Å². The van der Waals surface area contributed by atoms with Gasteiger partial charge in [-0.1, -0.05) is 137 Å². The molecule has 0 aromatic carbocycles. The van der Waals surface area contributed by atoms with Crippen molar-refractivity contribution >= 4 is 7.60 Å². The minimum atomic E-state index is -4.54. The largest absolute Gasteiger partial charge is 0.394 e. The van der Waals surface area contributed by atoms with Crippen LogP contribution in [0.15, 0.2) is 0 Å². The van der Waals surface area contributed by atoms with Crippen molar-refractivity contribution in [1.82, 2.24) is 0 Å². The minimum absolute atomic E-state index is 0.265. The smallest absolute Gasteiger partial charge is 0.332 e. The zero-order valence-electron chi connectivity index (χ0n) is 34.9. The molecule has 0 radical (unpaired) electrons. The molecular weight excluding hydrogens is 683 g/mol. The van der Waals surface area contributed by atoms with Crippen molar-refractivity contribution in [2.45, 2.75) is 237 Å². The third-order valence-electron chi connectivity index (χ3n) is 16.7. The number of aliphatic hydroxyl groups excluding tert-OH is 2. The van der Waals surface area contributed by atoms with Crippen molar-refractivity contribution < 1.29 is 34.0 Å². The van der Waals surface area contributed by atoms with Crippen LogP contribution >= 0.6 is 7.60 Å². The highest BCUT2D eigenvalue weighted by atomic mass is 31.2. The average Bonchev–Trinajstić information content (AvgIpc) is 3.66. The van der Waals surface area contributed by atoms with Crippen molar-refractivity contribution in [2.24, 2.45) is 40.4 Å². The van der Waals surface area contributed by atoms with Gasteiger partial charge < -0.3 is 29.5 Å². The molecule has 4 N–H and O–H groups in total. The Balaban J connectivity index is 1.24. The van der Waals surface area contributed by atoms with Crippen LogP contribution in [0.1, 0.15) is 208 Å². The number of fused-ring (bicyclic) bond motifs is 5. The number of rotatable bonds is 22. The van der Waals surface area contributed by atoms with Crippen molar-refractivity contribution in [3.05, 3.63) is 0 Å². The van der Waals surface area contributed by atoms with Gasteiger partial charge in [0.25, 0.3) is 0 Å². The maximum absolute atomic E-state index is 14.1. The normalized spacial score (nSPS) is 40.5. The van der Waals surface area contributed by atoms with Crippen LogP contribution in [0.2, 0.25) is 0 Å². The zero-order valence-corrected chi connectivity index (χ0v) is 35.8. The van der Waals surface area contributed by atoms with Gasteiger partial charge in [-0.2, -0.15) is 0 Å². The number of ether oxygens (including phenoxy) is 2. The van der Waals surface area contributed by atoms with Gasteiger partial charge in [-0.15, -0.1) is 0 Å². The molecule has 0 aromatic rings. The Bertz CT molecular complexity index is 1160. The van der Waals surface area contributed by atoms with Crippen LogP contribution in [0, 0.1) is 40.4 Å². The van der Waals surface area contributed by atoms with Gasteiger partial charge in [0.05, 0.1) is 23.5 Å². The van der Waals surface area contributed by atoms with Crippen molar-refractivity contribution in [3.8, 4) is 0 Å². The average molecular weight is 767 g/mol. The van der Waals surface area contributed by atoms with E-state index in [1.54, 1.807) is 0 Å². The first kappa shape index (κ1) is 44.1. The summed E-state index contributed by atoms with van der Waals surface area (Å²) in [6.07, 6.45) is 27.7. The van der Waals surface area contributed by atoms with Crippen LogP contribution in [0.4, 0.5) is 0 Å². The van der Waals surface area contributed by atoms with E-state index in [-0.39, 0.29) is 13.0 Å². The van der Waals surface area contributed by atoms with Crippen LogP contribution in [0.5, 0.6) is 0 Å². The minimum Gasteiger partial charge on any atom is -0.394 e. The van der Waals surface area contributed by atoms with Crippen LogP contribution in [0.25, 0.3) is 0 Å². The summed E-state index contributed by atoms with van der Waals surface area (Å²) >= 11 is 0. The van der Waals surface area contributed by atoms with Crippen LogP contribution in [-0.2, 0) is 14.0 Å². The fourth-order valence-corrected chi connectivity index (χ4v) is 15.6. The first-order valence-electron chi connectivity index (χ1n) is 23.0. The molecule has 310 valence electrons. The van der Waals surface area contributed by atoms with E-state index < -0.39 is 42.3 Å². The molecule has 1 heterocycles. The SMILES string of the molecule is CCCCCCCCCCCCCCCCC1(OC2C[C@@H](O)[C@@H](CO)O2)CC[C@]2(C)C3CC[C@@]4(C)C(CC[C@@H]4[C@H](C)CCC)C3CCC2(P(=O)(O)O)C1. The quantitative estimate of drug-likeness (QED) is 0.0640. The van der Waals surface area contributed by atoms with Gasteiger partial charge >= 0.3 is 7.60 Å². The summed E-state index contributed by atoms with van der Waals surface area (Å²) in [6, 6.07) is 0. The van der Waals surface area contributed by atoms with Crippen molar-refractivity contribution in [1.29, 1.82) is 0 Å². The fraction of sp³-hybridized carbons (Fsp3) is 1.00. The monoisotopic (exact) mass is 767 g/mol. The van der Waals surface area contributed by atoms with E-state index in [1.807, 2.05) is 0 Å². The van der Waals surface area contributed by atoms with Gasteiger partial charge in [0.1, 0.15) is 6.10 Å². The van der Waals surface area contributed by atoms with Gasteiger partial charge in [0.15, 0.2) is 6.29 Å². The second-order valence-corrected chi connectivity index (χ2v) is 21.8. The molecule has 4 saturated carbocycles. The maximum atomic E-state index is 14.1. The summed E-state index contributed by atoms with van der Waals surface area (Å²) in [5.41, 5.74) is -0.820. The molecule has 1 aliphatic heterocycles. The molecule has 0 bridgehead atoms. The lowest BCUT2D eigenvalue weighted by Gasteiger charge is -2.67. The molecule has 5 aliphatic rings. The van der Waals surface area contributed by atoms with E-state index in [2.05, 4.69) is 34.6 Å². The molecule has 7 nitrogen and oxygen atoms in total. The third kappa shape index (κ3) is 9.49. The third-order valence-corrected chi connectivity index (χ3v) is 18.7. The summed E-state index contributed by atoms with van der Waals surface area (Å²) in [5.74, 6) is 3.01. The molecule has 5 rings (SSSR count). The molecule has 5 fully saturated rings. The highest BCUT2D eigenvalue weighted by Crippen LogP contribution is 2.77.